The van der Waals surface area contributed by atoms with Gasteiger partial charge < -0.3 is 8.83 Å². The number of fused-ring (bicyclic) bond motifs is 1. The Morgan fingerprint density at radius 1 is 0.960 bits per heavy atom. The van der Waals surface area contributed by atoms with E-state index in [2.05, 4.69) is 10.2 Å². The molecule has 4 aromatic rings. The Kier molecular flexibility index (Phi) is 3.35. The van der Waals surface area contributed by atoms with Crippen LogP contribution in [0.5, 0.6) is 0 Å². The van der Waals surface area contributed by atoms with Crippen LogP contribution in [0.2, 0.25) is 0 Å². The van der Waals surface area contributed by atoms with E-state index in [4.69, 9.17) is 8.83 Å². The molecule has 0 aliphatic rings. The molecule has 25 heavy (non-hydrogen) atoms. The second-order valence-electron chi connectivity index (χ2n) is 5.19. The molecule has 0 unspecified atom stereocenters. The van der Waals surface area contributed by atoms with E-state index in [1.807, 2.05) is 0 Å². The van der Waals surface area contributed by atoms with E-state index in [-0.39, 0.29) is 28.5 Å². The molecule has 2 aromatic heterocycles. The van der Waals surface area contributed by atoms with Crippen LogP contribution < -0.4 is 5.43 Å². The van der Waals surface area contributed by atoms with Gasteiger partial charge in [-0.1, -0.05) is 12.1 Å². The maximum absolute atomic E-state index is 12.5. The largest absolute Gasteiger partial charge is 0.463 e. The maximum Gasteiger partial charge on any atom is 0.269 e. The first-order valence-electron chi connectivity index (χ1n) is 7.23. The number of benzene rings is 2. The fourth-order valence-electron chi connectivity index (χ4n) is 2.40. The van der Waals surface area contributed by atoms with E-state index in [1.54, 1.807) is 24.3 Å². The van der Waals surface area contributed by atoms with Gasteiger partial charge in [-0.3, -0.25) is 14.9 Å². The summed E-state index contributed by atoms with van der Waals surface area (Å²) in [5.41, 5.74) is 0.805. The molecule has 122 valence electrons. The Balaban J connectivity index is 1.75. The van der Waals surface area contributed by atoms with Gasteiger partial charge >= 0.3 is 0 Å². The van der Waals surface area contributed by atoms with Crippen LogP contribution in [0.25, 0.3) is 33.9 Å². The zero-order chi connectivity index (χ0) is 17.4. The lowest BCUT2D eigenvalue weighted by Gasteiger charge is -1.98. The maximum atomic E-state index is 12.5. The molecule has 0 radical (unpaired) electrons. The highest BCUT2D eigenvalue weighted by Gasteiger charge is 2.16. The van der Waals surface area contributed by atoms with Crippen LogP contribution >= 0.6 is 0 Å². The first-order valence-corrected chi connectivity index (χ1v) is 7.23. The molecular weight excluding hydrogens is 326 g/mol. The summed E-state index contributed by atoms with van der Waals surface area (Å²) in [4.78, 5) is 22.7. The van der Waals surface area contributed by atoms with E-state index in [0.29, 0.717) is 16.5 Å². The number of hydrogen-bond acceptors (Lipinski definition) is 7. The predicted molar refractivity (Wildman–Crippen MR) is 87.9 cm³/mol. The summed E-state index contributed by atoms with van der Waals surface area (Å²) in [5, 5.41) is 18.9. The Morgan fingerprint density at radius 3 is 2.44 bits per heavy atom. The molecule has 2 heterocycles. The second-order valence-corrected chi connectivity index (χ2v) is 5.19. The minimum absolute atomic E-state index is 0.0212. The first-order chi connectivity index (χ1) is 12.1. The summed E-state index contributed by atoms with van der Waals surface area (Å²) in [5.74, 6) is 0.172. The third kappa shape index (κ3) is 2.55. The highest BCUT2D eigenvalue weighted by molar-refractivity contribution is 5.79. The smallest absolute Gasteiger partial charge is 0.269 e. The van der Waals surface area contributed by atoms with Crippen LogP contribution in [0.3, 0.4) is 0 Å². The second kappa shape index (κ2) is 5.68. The van der Waals surface area contributed by atoms with Crippen LogP contribution in [0.4, 0.5) is 5.69 Å². The molecule has 0 amide bonds. The van der Waals surface area contributed by atoms with Crippen molar-refractivity contribution in [2.45, 2.75) is 0 Å². The van der Waals surface area contributed by atoms with Crippen molar-refractivity contribution in [3.63, 3.8) is 0 Å². The Bertz CT molecular complexity index is 1140. The summed E-state index contributed by atoms with van der Waals surface area (Å²) in [6.45, 7) is 0. The number of aromatic nitrogens is 2. The summed E-state index contributed by atoms with van der Waals surface area (Å²) < 4.78 is 11.0. The molecule has 0 atom stereocenters. The average molecular weight is 335 g/mol. The molecule has 0 saturated heterocycles. The van der Waals surface area contributed by atoms with Crippen molar-refractivity contribution in [2.24, 2.45) is 0 Å². The lowest BCUT2D eigenvalue weighted by molar-refractivity contribution is -0.384. The van der Waals surface area contributed by atoms with Crippen LogP contribution in [0, 0.1) is 10.1 Å². The van der Waals surface area contributed by atoms with Gasteiger partial charge in [0.15, 0.2) is 0 Å². The zero-order valence-electron chi connectivity index (χ0n) is 12.6. The van der Waals surface area contributed by atoms with Crippen LogP contribution in [-0.4, -0.2) is 15.1 Å². The summed E-state index contributed by atoms with van der Waals surface area (Å²) in [6.07, 6.45) is 1.28. The number of hydrogen-bond donors (Lipinski definition) is 0. The van der Waals surface area contributed by atoms with Gasteiger partial charge in [-0.05, 0) is 24.3 Å². The van der Waals surface area contributed by atoms with Gasteiger partial charge in [0.25, 0.3) is 11.6 Å². The molecule has 0 spiro atoms. The Morgan fingerprint density at radius 2 is 1.68 bits per heavy atom. The van der Waals surface area contributed by atoms with E-state index in [0.717, 1.165) is 0 Å². The average Bonchev–Trinajstić information content (AvgIpc) is 3.12. The number of nitrogens with zero attached hydrogens (tertiary/aromatic N) is 3. The molecule has 0 aliphatic carbocycles. The van der Waals surface area contributed by atoms with E-state index in [9.17, 15) is 14.9 Å². The molecule has 0 N–H and O–H groups in total. The van der Waals surface area contributed by atoms with Crippen LogP contribution in [0.1, 0.15) is 0 Å². The Labute approximate surface area is 139 Å². The van der Waals surface area contributed by atoms with E-state index >= 15 is 0 Å². The van der Waals surface area contributed by atoms with Crippen LogP contribution in [0.15, 0.2) is 68.4 Å². The van der Waals surface area contributed by atoms with Crippen LogP contribution in [-0.2, 0) is 0 Å². The van der Waals surface area contributed by atoms with Crippen molar-refractivity contribution in [1.29, 1.82) is 0 Å². The van der Waals surface area contributed by atoms with E-state index < -0.39 is 4.92 Å². The minimum Gasteiger partial charge on any atom is -0.463 e. The normalized spacial score (nSPS) is 10.9. The highest BCUT2D eigenvalue weighted by atomic mass is 16.6. The van der Waals surface area contributed by atoms with Crippen molar-refractivity contribution in [3.8, 4) is 22.9 Å². The zero-order valence-corrected chi connectivity index (χ0v) is 12.6. The number of nitro benzene ring substituents is 1. The molecule has 4 rings (SSSR count). The van der Waals surface area contributed by atoms with Crippen molar-refractivity contribution >= 4 is 16.7 Å². The van der Waals surface area contributed by atoms with Gasteiger partial charge in [-0.25, -0.2) is 0 Å². The van der Waals surface area contributed by atoms with Gasteiger partial charge in [-0.2, -0.15) is 0 Å². The standard InChI is InChI=1S/C17H9N3O5/c21-15-12-3-1-2-4-14(12)24-9-13(15)17-19-18-16(25-17)10-5-7-11(8-6-10)20(22)23/h1-9H. The van der Waals surface area contributed by atoms with Gasteiger partial charge in [-0.15, -0.1) is 10.2 Å². The SMILES string of the molecule is O=c1c(-c2nnc(-c3ccc([N+](=O)[O-])cc3)o2)coc2ccccc12. The third-order valence-corrected chi connectivity index (χ3v) is 3.66. The molecule has 8 nitrogen and oxygen atoms in total. The summed E-state index contributed by atoms with van der Waals surface area (Å²) in [7, 11) is 0. The van der Waals surface area contributed by atoms with Crippen molar-refractivity contribution in [1.82, 2.24) is 10.2 Å². The molecule has 8 heteroatoms. The van der Waals surface area contributed by atoms with E-state index in [1.165, 1.54) is 30.5 Å². The van der Waals surface area contributed by atoms with Crippen molar-refractivity contribution in [3.05, 3.63) is 75.1 Å². The molecular formula is C17H9N3O5. The first kappa shape index (κ1) is 14.8. The fraction of sp³-hybridized carbons (Fsp3) is 0. The fourth-order valence-corrected chi connectivity index (χ4v) is 2.40. The molecule has 0 fully saturated rings. The van der Waals surface area contributed by atoms with Crippen molar-refractivity contribution in [2.75, 3.05) is 0 Å². The van der Waals surface area contributed by atoms with Gasteiger partial charge in [0.1, 0.15) is 17.4 Å². The lowest BCUT2D eigenvalue weighted by atomic mass is 10.2. The lowest BCUT2D eigenvalue weighted by Crippen LogP contribution is -2.04. The Hall–Kier alpha value is -3.81. The summed E-state index contributed by atoms with van der Waals surface area (Å²) in [6, 6.07) is 12.5. The van der Waals surface area contributed by atoms with Crippen molar-refractivity contribution < 1.29 is 13.8 Å². The van der Waals surface area contributed by atoms with Gasteiger partial charge in [0, 0.05) is 17.7 Å². The molecule has 2 aromatic carbocycles. The highest BCUT2D eigenvalue weighted by Crippen LogP contribution is 2.25. The monoisotopic (exact) mass is 335 g/mol. The number of non-ortho nitro benzene ring substituents is 1. The quantitative estimate of drug-likeness (QED) is 0.416. The molecule has 0 bridgehead atoms. The summed E-state index contributed by atoms with van der Waals surface area (Å²) >= 11 is 0. The third-order valence-electron chi connectivity index (χ3n) is 3.66. The number of para-hydroxylation sites is 1. The molecule has 0 aliphatic heterocycles. The topological polar surface area (TPSA) is 112 Å². The predicted octanol–water partition coefficient (Wildman–Crippen LogP) is 3.42. The number of nitro groups is 1. The van der Waals surface area contributed by atoms with Gasteiger partial charge in [0.05, 0.1) is 10.3 Å². The van der Waals surface area contributed by atoms with Gasteiger partial charge in [0.2, 0.25) is 11.3 Å². The number of rotatable bonds is 3. The molecule has 0 saturated carbocycles. The minimum atomic E-state index is -0.497.